The molecule has 0 radical (unpaired) electrons. The van der Waals surface area contributed by atoms with Gasteiger partial charge < -0.3 is 30.1 Å². The zero-order valence-electron chi connectivity index (χ0n) is 29.5. The number of aliphatic imine (C=N–C) groups is 1. The van der Waals surface area contributed by atoms with E-state index in [0.717, 1.165) is 0 Å². The van der Waals surface area contributed by atoms with Gasteiger partial charge in [-0.1, -0.05) is 29.8 Å². The summed E-state index contributed by atoms with van der Waals surface area (Å²) in [5, 5.41) is 17.9. The Kier molecular flexibility index (Phi) is 11.0. The lowest BCUT2D eigenvalue weighted by Gasteiger charge is -2.38. The van der Waals surface area contributed by atoms with Crippen LogP contribution in [-0.4, -0.2) is 101 Å². The number of amides is 3. The fourth-order valence-corrected chi connectivity index (χ4v) is 7.44. The minimum atomic E-state index is -1.09. The first kappa shape index (κ1) is 37.7. The van der Waals surface area contributed by atoms with E-state index in [1.165, 1.54) is 36.6 Å². The SMILES string of the molecule is COC(=O)C1=C(CN2CCN3C(=O)N(c4ccc(C(CC(=O)O)NC(=O)OC(C)(C)C)cc4)C[C@@H]3C2)NC(c2nccs2)=N[C@H]1c1ccc(F)cc1Cl. The van der Waals surface area contributed by atoms with Crippen molar-refractivity contribution in [3.05, 3.63) is 92.3 Å². The molecule has 0 aliphatic carbocycles. The zero-order chi connectivity index (χ0) is 38.0. The Morgan fingerprint density at radius 2 is 1.91 bits per heavy atom. The Morgan fingerprint density at radius 1 is 1.15 bits per heavy atom. The Morgan fingerprint density at radius 3 is 2.55 bits per heavy atom. The largest absolute Gasteiger partial charge is 0.481 e. The molecule has 0 saturated carbocycles. The van der Waals surface area contributed by atoms with E-state index >= 15 is 0 Å². The number of piperazine rings is 1. The molecule has 0 spiro atoms. The van der Waals surface area contributed by atoms with Gasteiger partial charge in [-0.25, -0.2) is 23.8 Å². The van der Waals surface area contributed by atoms with Crippen LogP contribution in [0.4, 0.5) is 19.7 Å². The number of alkyl carbamates (subject to hydrolysis) is 1. The first-order valence-electron chi connectivity index (χ1n) is 16.8. The highest BCUT2D eigenvalue weighted by Gasteiger charge is 2.42. The molecule has 2 saturated heterocycles. The fourth-order valence-electron chi connectivity index (χ4n) is 6.59. The van der Waals surface area contributed by atoms with Crippen molar-refractivity contribution in [3.8, 4) is 0 Å². The van der Waals surface area contributed by atoms with Gasteiger partial charge in [0, 0.05) is 66.3 Å². The van der Waals surface area contributed by atoms with Gasteiger partial charge in [-0.2, -0.15) is 0 Å². The number of aromatic nitrogens is 1. The molecule has 3 amide bonds. The third-order valence-corrected chi connectivity index (χ3v) is 10.0. The maximum absolute atomic E-state index is 14.0. The molecule has 14 nitrogen and oxygen atoms in total. The van der Waals surface area contributed by atoms with Crippen molar-refractivity contribution < 1.29 is 38.1 Å². The van der Waals surface area contributed by atoms with E-state index < -0.39 is 41.5 Å². The van der Waals surface area contributed by atoms with E-state index in [-0.39, 0.29) is 35.6 Å². The van der Waals surface area contributed by atoms with Crippen LogP contribution in [0.25, 0.3) is 0 Å². The van der Waals surface area contributed by atoms with Crippen molar-refractivity contribution in [2.24, 2.45) is 4.99 Å². The molecule has 17 heteroatoms. The van der Waals surface area contributed by atoms with Gasteiger partial charge in [-0.05, 0) is 50.6 Å². The molecule has 3 aliphatic rings. The van der Waals surface area contributed by atoms with Gasteiger partial charge >= 0.3 is 24.1 Å². The van der Waals surface area contributed by atoms with Crippen molar-refractivity contribution in [1.29, 1.82) is 0 Å². The van der Waals surface area contributed by atoms with Crippen molar-refractivity contribution in [3.63, 3.8) is 0 Å². The summed E-state index contributed by atoms with van der Waals surface area (Å²) in [7, 11) is 1.28. The molecule has 3 N–H and O–H groups in total. The number of esters is 1. The van der Waals surface area contributed by atoms with Gasteiger partial charge in [0.15, 0.2) is 10.8 Å². The van der Waals surface area contributed by atoms with Crippen LogP contribution in [0.3, 0.4) is 0 Å². The Hall–Kier alpha value is -5.06. The van der Waals surface area contributed by atoms with Crippen molar-refractivity contribution in [2.45, 2.75) is 50.9 Å². The molecule has 4 heterocycles. The van der Waals surface area contributed by atoms with Crippen LogP contribution >= 0.6 is 22.9 Å². The fraction of sp³-hybridized carbons (Fsp3) is 0.389. The molecule has 6 rings (SSSR count). The third-order valence-electron chi connectivity index (χ3n) is 8.92. The lowest BCUT2D eigenvalue weighted by molar-refractivity contribution is -0.138. The number of nitrogens with zero attached hydrogens (tertiary/aromatic N) is 5. The molecule has 1 unspecified atom stereocenters. The third kappa shape index (κ3) is 8.61. The van der Waals surface area contributed by atoms with Crippen LogP contribution < -0.4 is 15.5 Å². The Bertz CT molecular complexity index is 1950. The van der Waals surface area contributed by atoms with Crippen LogP contribution in [0.5, 0.6) is 0 Å². The number of hydrogen-bond acceptors (Lipinski definition) is 11. The number of hydrogen-bond donors (Lipinski definition) is 3. The van der Waals surface area contributed by atoms with E-state index in [4.69, 9.17) is 26.1 Å². The molecule has 3 atom stereocenters. The number of carboxylic acid groups (broad SMARTS) is 1. The van der Waals surface area contributed by atoms with E-state index in [2.05, 4.69) is 20.5 Å². The van der Waals surface area contributed by atoms with Gasteiger partial charge in [0.1, 0.15) is 17.5 Å². The Balaban J connectivity index is 1.20. The first-order valence-corrected chi connectivity index (χ1v) is 18.1. The highest BCUT2D eigenvalue weighted by molar-refractivity contribution is 7.11. The van der Waals surface area contributed by atoms with Gasteiger partial charge in [-0.3, -0.25) is 19.6 Å². The number of aliphatic carboxylic acids is 1. The number of carboxylic acids is 1. The number of rotatable bonds is 10. The standard InChI is InChI=1S/C36H39ClFN7O7S/c1-36(2,3)52-34(49)41-26(16-28(46)47)20-5-8-22(9-6-20)45-18-23-17-43(12-13-44(23)35(45)50)19-27-29(33(48)51-4)30(24-10-7-21(38)15-25(24)37)42-31(40-27)32-39-11-14-53-32/h5-11,14-15,23,26,30H,12-13,16-19H2,1-4H3,(H,40,42)(H,41,49)(H,46,47)/t23-,26?,30-/m0/s1. The predicted octanol–water partition coefficient (Wildman–Crippen LogP) is 5.12. The molecular formula is C36H39ClFN7O7S. The van der Waals surface area contributed by atoms with E-state index in [9.17, 15) is 28.7 Å². The van der Waals surface area contributed by atoms with Gasteiger partial charge in [-0.15, -0.1) is 11.3 Å². The number of benzene rings is 2. The molecule has 2 aromatic carbocycles. The lowest BCUT2D eigenvalue weighted by Crippen LogP contribution is -2.53. The number of halogens is 2. The summed E-state index contributed by atoms with van der Waals surface area (Å²) < 4.78 is 24.6. The first-order chi connectivity index (χ1) is 25.2. The van der Waals surface area contributed by atoms with Crippen LogP contribution in [-0.2, 0) is 19.1 Å². The van der Waals surface area contributed by atoms with Crippen LogP contribution in [0.1, 0.15) is 55.4 Å². The molecule has 280 valence electrons. The average molecular weight is 768 g/mol. The number of anilines is 1. The topological polar surface area (TPSA) is 166 Å². The quantitative estimate of drug-likeness (QED) is 0.236. The predicted molar refractivity (Wildman–Crippen MR) is 195 cm³/mol. The van der Waals surface area contributed by atoms with Crippen LogP contribution in [0.15, 0.2) is 70.3 Å². The summed E-state index contributed by atoms with van der Waals surface area (Å²) in [6, 6.07) is 8.72. The summed E-state index contributed by atoms with van der Waals surface area (Å²) in [6.45, 7) is 7.25. The number of nitrogens with one attached hydrogen (secondary N) is 2. The maximum atomic E-state index is 14.0. The summed E-state index contributed by atoms with van der Waals surface area (Å²) in [5.41, 5.74) is 1.61. The molecular weight excluding hydrogens is 729 g/mol. The number of thiazole rings is 1. The second-order valence-corrected chi connectivity index (χ2v) is 15.1. The van der Waals surface area contributed by atoms with Crippen molar-refractivity contribution in [2.75, 3.05) is 44.7 Å². The van der Waals surface area contributed by atoms with Crippen molar-refractivity contribution in [1.82, 2.24) is 25.4 Å². The summed E-state index contributed by atoms with van der Waals surface area (Å²) in [4.78, 5) is 65.9. The number of carbonyl (C=O) groups excluding carboxylic acids is 3. The molecule has 3 aromatic rings. The monoisotopic (exact) mass is 767 g/mol. The van der Waals surface area contributed by atoms with E-state index in [1.807, 2.05) is 10.3 Å². The van der Waals surface area contributed by atoms with Crippen molar-refractivity contribution >= 4 is 58.5 Å². The number of ether oxygens (including phenoxy) is 2. The smallest absolute Gasteiger partial charge is 0.408 e. The van der Waals surface area contributed by atoms with E-state index in [1.54, 1.807) is 56.1 Å². The summed E-state index contributed by atoms with van der Waals surface area (Å²) in [6.07, 6.45) is 0.558. The number of urea groups is 1. The number of amidine groups is 1. The van der Waals surface area contributed by atoms with Gasteiger partial charge in [0.05, 0.1) is 31.2 Å². The highest BCUT2D eigenvalue weighted by atomic mass is 35.5. The minimum Gasteiger partial charge on any atom is -0.481 e. The minimum absolute atomic E-state index is 0.114. The summed E-state index contributed by atoms with van der Waals surface area (Å²) in [5.74, 6) is -1.79. The molecule has 2 fully saturated rings. The highest BCUT2D eigenvalue weighted by Crippen LogP contribution is 2.37. The lowest BCUT2D eigenvalue weighted by atomic mass is 9.95. The number of carbonyl (C=O) groups is 4. The van der Waals surface area contributed by atoms with Crippen LogP contribution in [0.2, 0.25) is 5.02 Å². The number of methoxy groups -OCH3 is 1. The summed E-state index contributed by atoms with van der Waals surface area (Å²) >= 11 is 7.86. The molecule has 53 heavy (non-hydrogen) atoms. The molecule has 1 aromatic heterocycles. The van der Waals surface area contributed by atoms with Crippen LogP contribution in [0, 0.1) is 5.82 Å². The average Bonchev–Trinajstić information content (AvgIpc) is 3.75. The van der Waals surface area contributed by atoms with E-state index in [0.29, 0.717) is 59.5 Å². The Labute approximate surface area is 314 Å². The molecule has 0 bridgehead atoms. The normalized spacial score (nSPS) is 19.7. The van der Waals surface area contributed by atoms with Gasteiger partial charge in [0.25, 0.3) is 0 Å². The zero-order valence-corrected chi connectivity index (χ0v) is 31.0. The number of fused-ring (bicyclic) bond motifs is 1. The maximum Gasteiger partial charge on any atom is 0.408 e. The second-order valence-electron chi connectivity index (χ2n) is 13.8. The van der Waals surface area contributed by atoms with Gasteiger partial charge in [0.2, 0.25) is 0 Å². The second kappa shape index (κ2) is 15.5. The molecule has 3 aliphatic heterocycles.